The van der Waals surface area contributed by atoms with E-state index < -0.39 is 0 Å². The number of guanidine groups is 1. The minimum absolute atomic E-state index is 0.302. The van der Waals surface area contributed by atoms with Crippen molar-refractivity contribution in [3.05, 3.63) is 40.0 Å². The van der Waals surface area contributed by atoms with Crippen LogP contribution in [0.2, 0.25) is 0 Å². The fraction of sp³-hybridized carbons (Fsp3) is 0.571. The summed E-state index contributed by atoms with van der Waals surface area (Å²) in [6.07, 6.45) is 9.68. The molecule has 1 aliphatic carbocycles. The van der Waals surface area contributed by atoms with Crippen molar-refractivity contribution in [3.63, 3.8) is 0 Å². The molecule has 7 heteroatoms. The van der Waals surface area contributed by atoms with Crippen LogP contribution in [0.4, 0.5) is 0 Å². The molecule has 1 aliphatic rings. The van der Waals surface area contributed by atoms with Crippen molar-refractivity contribution in [2.75, 3.05) is 13.6 Å². The first-order valence-electron chi connectivity index (χ1n) is 10.1. The quantitative estimate of drug-likeness (QED) is 0.547. The van der Waals surface area contributed by atoms with Crippen LogP contribution < -0.4 is 15.4 Å². The molecule has 2 N–H and O–H groups in total. The third-order valence-electron chi connectivity index (χ3n) is 5.03. The lowest BCUT2D eigenvalue weighted by Gasteiger charge is -2.26. The zero-order valence-electron chi connectivity index (χ0n) is 17.1. The molecule has 0 bridgehead atoms. The number of aliphatic imine (C=N–C) groups is 1. The molecule has 3 rings (SSSR count). The Labute approximate surface area is 171 Å². The van der Waals surface area contributed by atoms with Gasteiger partial charge < -0.3 is 15.4 Å². The van der Waals surface area contributed by atoms with Crippen LogP contribution in [0.3, 0.4) is 0 Å². The maximum absolute atomic E-state index is 6.10. The number of hydrogen-bond acceptors (Lipinski definition) is 5. The Kier molecular flexibility index (Phi) is 7.65. The van der Waals surface area contributed by atoms with Gasteiger partial charge in [0.1, 0.15) is 6.10 Å². The normalized spacial score (nSPS) is 20.0. The molecule has 2 heterocycles. The zero-order valence-corrected chi connectivity index (χ0v) is 17.9. The number of pyridine rings is 1. The van der Waals surface area contributed by atoms with Gasteiger partial charge in [-0.15, -0.1) is 11.3 Å². The van der Waals surface area contributed by atoms with Crippen LogP contribution in [0.25, 0.3) is 0 Å². The topological polar surface area (TPSA) is 71.4 Å². The second kappa shape index (κ2) is 10.4. The summed E-state index contributed by atoms with van der Waals surface area (Å²) < 4.78 is 6.10. The van der Waals surface area contributed by atoms with Gasteiger partial charge in [-0.25, -0.2) is 9.97 Å². The Morgan fingerprint density at radius 3 is 2.79 bits per heavy atom. The molecule has 152 valence electrons. The Hall–Kier alpha value is -2.15. The van der Waals surface area contributed by atoms with Crippen molar-refractivity contribution in [2.45, 2.75) is 58.6 Å². The molecule has 1 fully saturated rings. The van der Waals surface area contributed by atoms with E-state index in [1.165, 1.54) is 17.7 Å². The first kappa shape index (κ1) is 20.6. The maximum atomic E-state index is 6.10. The Morgan fingerprint density at radius 2 is 2.07 bits per heavy atom. The van der Waals surface area contributed by atoms with E-state index in [1.54, 1.807) is 18.4 Å². The molecule has 0 unspecified atom stereocenters. The van der Waals surface area contributed by atoms with Crippen molar-refractivity contribution < 1.29 is 4.74 Å². The lowest BCUT2D eigenvalue weighted by Crippen LogP contribution is -2.37. The van der Waals surface area contributed by atoms with E-state index in [9.17, 15) is 0 Å². The number of aromatic nitrogens is 2. The van der Waals surface area contributed by atoms with E-state index in [4.69, 9.17) is 4.74 Å². The average Bonchev–Trinajstić information content (AvgIpc) is 3.12. The van der Waals surface area contributed by atoms with Gasteiger partial charge >= 0.3 is 0 Å². The Bertz CT molecular complexity index is 768. The summed E-state index contributed by atoms with van der Waals surface area (Å²) in [7, 11) is 1.79. The number of nitrogens with zero attached hydrogens (tertiary/aromatic N) is 3. The molecule has 0 atom stereocenters. The third-order valence-corrected chi connectivity index (χ3v) is 6.01. The lowest BCUT2D eigenvalue weighted by atomic mass is 9.89. The van der Waals surface area contributed by atoms with Crippen LogP contribution in [0.15, 0.2) is 29.5 Å². The summed E-state index contributed by atoms with van der Waals surface area (Å²) in [5.74, 6) is 2.33. The van der Waals surface area contributed by atoms with Gasteiger partial charge in [0.25, 0.3) is 0 Å². The molecule has 0 saturated heterocycles. The number of thiazole rings is 1. The van der Waals surface area contributed by atoms with Crippen molar-refractivity contribution >= 4 is 17.3 Å². The third kappa shape index (κ3) is 6.48. The summed E-state index contributed by atoms with van der Waals surface area (Å²) in [5, 5.41) is 7.84. The van der Waals surface area contributed by atoms with Gasteiger partial charge in [0.15, 0.2) is 5.96 Å². The number of aryl methyl sites for hydroxylation is 1. The van der Waals surface area contributed by atoms with Crippen LogP contribution in [0, 0.1) is 12.8 Å². The van der Waals surface area contributed by atoms with Gasteiger partial charge in [-0.3, -0.25) is 4.99 Å². The molecule has 1 saturated carbocycles. The molecule has 6 nitrogen and oxygen atoms in total. The van der Waals surface area contributed by atoms with Gasteiger partial charge in [0.2, 0.25) is 5.88 Å². The van der Waals surface area contributed by atoms with Crippen LogP contribution in [-0.2, 0) is 13.0 Å². The maximum Gasteiger partial charge on any atom is 0.213 e. The summed E-state index contributed by atoms with van der Waals surface area (Å²) in [6.45, 7) is 5.88. The van der Waals surface area contributed by atoms with E-state index in [1.807, 2.05) is 24.5 Å². The molecule has 0 amide bonds. The standard InChI is InChI=1S/C21H31N5OS/c1-15-4-6-18(7-5-15)27-19-12-17(8-10-23-19)14-26-21(22-3)24-11-9-20-25-13-16(2)28-20/h8,10,12-13,15,18H,4-7,9,11,14H2,1-3H3,(H2,22,24,26). The van der Waals surface area contributed by atoms with E-state index in [0.717, 1.165) is 54.1 Å². The molecule has 28 heavy (non-hydrogen) atoms. The van der Waals surface area contributed by atoms with Gasteiger partial charge in [-0.2, -0.15) is 0 Å². The van der Waals surface area contributed by atoms with E-state index in [0.29, 0.717) is 12.6 Å². The van der Waals surface area contributed by atoms with Crippen molar-refractivity contribution in [3.8, 4) is 5.88 Å². The molecule has 2 aromatic rings. The van der Waals surface area contributed by atoms with Crippen molar-refractivity contribution in [1.29, 1.82) is 0 Å². The average molecular weight is 402 g/mol. The molecule has 0 aromatic carbocycles. The SMILES string of the molecule is CN=C(NCCc1ncc(C)s1)NCc1ccnc(OC2CCC(C)CC2)c1. The minimum atomic E-state index is 0.302. The predicted octanol–water partition coefficient (Wildman–Crippen LogP) is 3.71. The van der Waals surface area contributed by atoms with Crippen LogP contribution in [-0.4, -0.2) is 35.6 Å². The number of ether oxygens (including phenoxy) is 1. The highest BCUT2D eigenvalue weighted by Crippen LogP contribution is 2.26. The fourth-order valence-electron chi connectivity index (χ4n) is 3.35. The van der Waals surface area contributed by atoms with Crippen molar-refractivity contribution in [2.24, 2.45) is 10.9 Å². The first-order valence-corrected chi connectivity index (χ1v) is 10.9. The molecular formula is C21H31N5OS. The lowest BCUT2D eigenvalue weighted by molar-refractivity contribution is 0.130. The predicted molar refractivity (Wildman–Crippen MR) is 115 cm³/mol. The molecular weight excluding hydrogens is 370 g/mol. The molecule has 2 aromatic heterocycles. The molecule has 0 spiro atoms. The zero-order chi connectivity index (χ0) is 19.8. The second-order valence-electron chi connectivity index (χ2n) is 7.47. The van der Waals surface area contributed by atoms with Gasteiger partial charge in [-0.1, -0.05) is 6.92 Å². The molecule has 0 aliphatic heterocycles. The summed E-state index contributed by atoms with van der Waals surface area (Å²) in [5.41, 5.74) is 1.13. The minimum Gasteiger partial charge on any atom is -0.474 e. The highest BCUT2D eigenvalue weighted by Gasteiger charge is 2.19. The van der Waals surface area contributed by atoms with Gasteiger partial charge in [0, 0.05) is 49.9 Å². The first-order chi connectivity index (χ1) is 13.6. The summed E-state index contributed by atoms with van der Waals surface area (Å²) >= 11 is 1.74. The number of nitrogens with one attached hydrogen (secondary N) is 2. The smallest absolute Gasteiger partial charge is 0.213 e. The fourth-order valence-corrected chi connectivity index (χ4v) is 4.14. The van der Waals surface area contributed by atoms with Crippen LogP contribution >= 0.6 is 11.3 Å². The highest BCUT2D eigenvalue weighted by atomic mass is 32.1. The summed E-state index contributed by atoms with van der Waals surface area (Å²) in [4.78, 5) is 14.3. The van der Waals surface area contributed by atoms with Gasteiger partial charge in [0.05, 0.1) is 5.01 Å². The van der Waals surface area contributed by atoms with Gasteiger partial charge in [-0.05, 0) is 50.2 Å². The summed E-state index contributed by atoms with van der Waals surface area (Å²) in [6, 6.07) is 4.03. The monoisotopic (exact) mass is 401 g/mol. The number of hydrogen-bond donors (Lipinski definition) is 2. The van der Waals surface area contributed by atoms with Crippen molar-refractivity contribution in [1.82, 2.24) is 20.6 Å². The van der Waals surface area contributed by atoms with E-state index in [2.05, 4.69) is 39.4 Å². The highest BCUT2D eigenvalue weighted by molar-refractivity contribution is 7.11. The number of rotatable bonds is 7. The largest absolute Gasteiger partial charge is 0.474 e. The molecule has 0 radical (unpaired) electrons. The van der Waals surface area contributed by atoms with Crippen LogP contribution in [0.1, 0.15) is 48.1 Å². The van der Waals surface area contributed by atoms with E-state index in [-0.39, 0.29) is 0 Å². The van der Waals surface area contributed by atoms with Crippen LogP contribution in [0.5, 0.6) is 5.88 Å². The second-order valence-corrected chi connectivity index (χ2v) is 8.79. The van der Waals surface area contributed by atoms with E-state index >= 15 is 0 Å². The Balaban J connectivity index is 1.43. The Morgan fingerprint density at radius 1 is 1.25 bits per heavy atom.